The lowest BCUT2D eigenvalue weighted by molar-refractivity contribution is 0.00270. The Morgan fingerprint density at radius 2 is 1.86 bits per heavy atom. The van der Waals surface area contributed by atoms with E-state index in [0.29, 0.717) is 0 Å². The van der Waals surface area contributed by atoms with Crippen molar-refractivity contribution in [3.05, 3.63) is 29.3 Å². The summed E-state index contributed by atoms with van der Waals surface area (Å²) in [7, 11) is 0.289. The number of hydrogen-bond donors (Lipinski definition) is 1. The van der Waals surface area contributed by atoms with Crippen molar-refractivity contribution in [1.29, 1.82) is 0 Å². The number of ether oxygens (including phenoxy) is 1. The van der Waals surface area contributed by atoms with Crippen LogP contribution < -0.4 is 4.74 Å². The highest BCUT2D eigenvalue weighted by atomic mass is 32.2. The van der Waals surface area contributed by atoms with Crippen LogP contribution >= 0.6 is 0 Å². The summed E-state index contributed by atoms with van der Waals surface area (Å²) in [6.07, 6.45) is 2.96. The second-order valence-electron chi connectivity index (χ2n) is 5.89. The molecule has 0 aromatic heterocycles. The van der Waals surface area contributed by atoms with E-state index in [4.69, 9.17) is 4.74 Å². The summed E-state index contributed by atoms with van der Waals surface area (Å²) in [6, 6.07) is 2.70. The third kappa shape index (κ3) is 2.38. The average molecular weight is 316 g/mol. The van der Waals surface area contributed by atoms with Crippen LogP contribution in [0.2, 0.25) is 0 Å². The Morgan fingerprint density at radius 3 is 2.43 bits per heavy atom. The summed E-state index contributed by atoms with van der Waals surface area (Å²) in [5.74, 6) is -2.33. The van der Waals surface area contributed by atoms with Crippen LogP contribution in [0.25, 0.3) is 0 Å². The molecule has 1 aromatic rings. The largest absolute Gasteiger partial charge is 0.494 e. The van der Waals surface area contributed by atoms with Gasteiger partial charge in [-0.3, -0.25) is 4.21 Å². The molecule has 0 aliphatic carbocycles. The maximum absolute atomic E-state index is 14.3. The third-order valence-corrected chi connectivity index (χ3v) is 6.73. The van der Waals surface area contributed by atoms with E-state index < -0.39 is 28.0 Å². The topological polar surface area (TPSA) is 46.5 Å². The van der Waals surface area contributed by atoms with Gasteiger partial charge >= 0.3 is 0 Å². The first-order valence-corrected chi connectivity index (χ1v) is 8.38. The van der Waals surface area contributed by atoms with Gasteiger partial charge in [-0.2, -0.15) is 4.39 Å². The van der Waals surface area contributed by atoms with Crippen LogP contribution in [-0.4, -0.2) is 26.9 Å². The zero-order valence-corrected chi connectivity index (χ0v) is 12.6. The predicted octanol–water partition coefficient (Wildman–Crippen LogP) is 2.62. The lowest BCUT2D eigenvalue weighted by Gasteiger charge is -2.43. The fourth-order valence-corrected chi connectivity index (χ4v) is 5.77. The maximum Gasteiger partial charge on any atom is 0.200 e. The molecule has 0 amide bonds. The van der Waals surface area contributed by atoms with Crippen LogP contribution in [0.1, 0.15) is 37.7 Å². The molecular formula is C15H18F2O3S. The van der Waals surface area contributed by atoms with E-state index in [9.17, 15) is 18.1 Å². The third-order valence-electron chi connectivity index (χ3n) is 4.61. The smallest absolute Gasteiger partial charge is 0.200 e. The van der Waals surface area contributed by atoms with E-state index in [2.05, 4.69) is 0 Å². The van der Waals surface area contributed by atoms with Gasteiger partial charge < -0.3 is 9.84 Å². The summed E-state index contributed by atoms with van der Waals surface area (Å²) >= 11 is 0. The van der Waals surface area contributed by atoms with Gasteiger partial charge in [-0.25, -0.2) is 4.39 Å². The molecule has 2 aliphatic rings. The van der Waals surface area contributed by atoms with Crippen LogP contribution in [0.5, 0.6) is 5.75 Å². The minimum absolute atomic E-state index is 0.0469. The lowest BCUT2D eigenvalue weighted by Crippen LogP contribution is -2.47. The number of benzene rings is 1. The molecule has 2 saturated heterocycles. The highest BCUT2D eigenvalue weighted by Gasteiger charge is 2.47. The van der Waals surface area contributed by atoms with Gasteiger partial charge in [-0.1, -0.05) is 6.42 Å². The quantitative estimate of drug-likeness (QED) is 0.912. The zero-order chi connectivity index (χ0) is 15.2. The zero-order valence-electron chi connectivity index (χ0n) is 11.8. The molecule has 0 radical (unpaired) electrons. The fourth-order valence-electron chi connectivity index (χ4n) is 3.55. The highest BCUT2D eigenvalue weighted by molar-refractivity contribution is 7.86. The number of rotatable bonds is 2. The van der Waals surface area contributed by atoms with E-state index in [0.717, 1.165) is 19.3 Å². The molecule has 2 bridgehead atoms. The SMILES string of the molecule is COc1ccc(C2(O)CC3CCCC(C2)S3=O)c(F)c1F. The molecule has 6 heteroatoms. The second kappa shape index (κ2) is 5.32. The van der Waals surface area contributed by atoms with Crippen molar-refractivity contribution in [1.82, 2.24) is 0 Å². The van der Waals surface area contributed by atoms with Gasteiger partial charge in [0.15, 0.2) is 11.6 Å². The highest BCUT2D eigenvalue weighted by Crippen LogP contribution is 2.45. The molecule has 3 rings (SSSR count). The summed E-state index contributed by atoms with van der Waals surface area (Å²) < 4.78 is 45.1. The molecule has 0 saturated carbocycles. The molecular weight excluding hydrogens is 298 g/mol. The first-order valence-electron chi connectivity index (χ1n) is 7.10. The number of halogens is 2. The second-order valence-corrected chi connectivity index (χ2v) is 7.88. The molecule has 2 fully saturated rings. The Balaban J connectivity index is 2.00. The standard InChI is InChI=1S/C15H18F2O3S/c1-20-12-6-5-11(13(16)14(12)17)15(18)7-9-3-2-4-10(8-15)21(9)19/h5-6,9-10,18H,2-4,7-8H2,1H3. The van der Waals surface area contributed by atoms with Gasteiger partial charge in [-0.15, -0.1) is 0 Å². The van der Waals surface area contributed by atoms with E-state index in [1.165, 1.54) is 19.2 Å². The average Bonchev–Trinajstić information content (AvgIpc) is 2.43. The number of aliphatic hydroxyl groups is 1. The Hall–Kier alpha value is -1.01. The van der Waals surface area contributed by atoms with Crippen LogP contribution in [0.4, 0.5) is 8.78 Å². The first kappa shape index (κ1) is 14.9. The molecule has 1 aromatic carbocycles. The van der Waals surface area contributed by atoms with Crippen molar-refractivity contribution in [3.63, 3.8) is 0 Å². The van der Waals surface area contributed by atoms with Gasteiger partial charge in [0, 0.05) is 26.9 Å². The van der Waals surface area contributed by atoms with Crippen LogP contribution in [-0.2, 0) is 16.4 Å². The van der Waals surface area contributed by atoms with Crippen molar-refractivity contribution >= 4 is 10.8 Å². The summed E-state index contributed by atoms with van der Waals surface area (Å²) in [6.45, 7) is 0. The summed E-state index contributed by atoms with van der Waals surface area (Å²) in [5.41, 5.74) is -1.49. The normalized spacial score (nSPS) is 35.5. The van der Waals surface area contributed by atoms with Crippen molar-refractivity contribution in [2.75, 3.05) is 7.11 Å². The van der Waals surface area contributed by atoms with Gasteiger partial charge in [0.25, 0.3) is 0 Å². The Bertz CT molecular complexity index is 575. The minimum atomic E-state index is -1.44. The molecule has 2 atom stereocenters. The van der Waals surface area contributed by atoms with Gasteiger partial charge in [-0.05, 0) is 37.8 Å². The molecule has 2 aliphatic heterocycles. The van der Waals surface area contributed by atoms with E-state index in [1.807, 2.05) is 0 Å². The number of fused-ring (bicyclic) bond motifs is 2. The van der Waals surface area contributed by atoms with Crippen molar-refractivity contribution in [3.8, 4) is 5.75 Å². The number of hydrogen-bond acceptors (Lipinski definition) is 3. The van der Waals surface area contributed by atoms with Crippen LogP contribution in [0.3, 0.4) is 0 Å². The fraction of sp³-hybridized carbons (Fsp3) is 0.600. The monoisotopic (exact) mass is 316 g/mol. The van der Waals surface area contributed by atoms with E-state index in [-0.39, 0.29) is 34.7 Å². The van der Waals surface area contributed by atoms with Crippen LogP contribution in [0.15, 0.2) is 12.1 Å². The lowest BCUT2D eigenvalue weighted by atomic mass is 9.80. The Kier molecular flexibility index (Phi) is 3.78. The van der Waals surface area contributed by atoms with Gasteiger partial charge in [0.1, 0.15) is 0 Å². The summed E-state index contributed by atoms with van der Waals surface area (Å²) in [5, 5.41) is 10.6. The van der Waals surface area contributed by atoms with Crippen molar-refractivity contribution < 1.29 is 22.8 Å². The predicted molar refractivity (Wildman–Crippen MR) is 75.6 cm³/mol. The molecule has 0 spiro atoms. The van der Waals surface area contributed by atoms with Gasteiger partial charge in [0.05, 0.1) is 12.7 Å². The Labute approximate surface area is 124 Å². The number of methoxy groups -OCH3 is 1. The minimum Gasteiger partial charge on any atom is -0.494 e. The molecule has 1 N–H and O–H groups in total. The van der Waals surface area contributed by atoms with E-state index >= 15 is 0 Å². The summed E-state index contributed by atoms with van der Waals surface area (Å²) in [4.78, 5) is 0. The molecule has 2 heterocycles. The van der Waals surface area contributed by atoms with Crippen LogP contribution in [0, 0.1) is 11.6 Å². The molecule has 2 unspecified atom stereocenters. The molecule has 21 heavy (non-hydrogen) atoms. The first-order chi connectivity index (χ1) is 9.96. The van der Waals surface area contributed by atoms with E-state index in [1.54, 1.807) is 0 Å². The van der Waals surface area contributed by atoms with Crippen molar-refractivity contribution in [2.24, 2.45) is 0 Å². The van der Waals surface area contributed by atoms with Gasteiger partial charge in [0.2, 0.25) is 5.82 Å². The molecule has 3 nitrogen and oxygen atoms in total. The maximum atomic E-state index is 14.3. The molecule has 116 valence electrons. The van der Waals surface area contributed by atoms with Crippen molar-refractivity contribution in [2.45, 2.75) is 48.2 Å². The Morgan fingerprint density at radius 1 is 1.24 bits per heavy atom.